The van der Waals surface area contributed by atoms with E-state index in [-0.39, 0.29) is 25.1 Å². The molecule has 0 radical (unpaired) electrons. The molecule has 2 aliphatic rings. The maximum Gasteiger partial charge on any atom is 0.410 e. The lowest BCUT2D eigenvalue weighted by atomic mass is 9.98. The number of hydrogen-bond acceptors (Lipinski definition) is 4. The average Bonchev–Trinajstić information content (AvgIpc) is 3.00. The molecule has 1 heterocycles. The molecule has 4 rings (SSSR count). The van der Waals surface area contributed by atoms with E-state index >= 15 is 0 Å². The molecule has 0 saturated carbocycles. The van der Waals surface area contributed by atoms with E-state index in [9.17, 15) is 14.7 Å². The first-order valence-corrected chi connectivity index (χ1v) is 9.16. The van der Waals surface area contributed by atoms with Gasteiger partial charge in [0.25, 0.3) is 0 Å². The number of likely N-dealkylation sites (tertiary alicyclic amines) is 1. The third kappa shape index (κ3) is 3.17. The number of piperidine rings is 1. The van der Waals surface area contributed by atoms with Crippen molar-refractivity contribution in [2.75, 3.05) is 13.2 Å². The van der Waals surface area contributed by atoms with Crippen LogP contribution in [0.15, 0.2) is 48.5 Å². The predicted molar refractivity (Wildman–Crippen MR) is 100 cm³/mol. The van der Waals surface area contributed by atoms with Gasteiger partial charge in [-0.15, -0.1) is 0 Å². The molecule has 1 saturated heterocycles. The summed E-state index contributed by atoms with van der Waals surface area (Å²) in [6.45, 7) is 0.374. The minimum Gasteiger partial charge on any atom is -0.480 e. The van der Waals surface area contributed by atoms with Crippen molar-refractivity contribution in [3.8, 4) is 11.1 Å². The molecule has 0 unspecified atom stereocenters. The van der Waals surface area contributed by atoms with Gasteiger partial charge in [-0.1, -0.05) is 48.5 Å². The first kappa shape index (κ1) is 17.5. The largest absolute Gasteiger partial charge is 0.480 e. The second kappa shape index (κ2) is 7.04. The van der Waals surface area contributed by atoms with Gasteiger partial charge in [0.15, 0.2) is 0 Å². The summed E-state index contributed by atoms with van der Waals surface area (Å²) in [5, 5.41) is 9.39. The molecule has 1 amide bonds. The number of carbonyl (C=O) groups excluding carboxylic acids is 1. The molecule has 3 N–H and O–H groups in total. The van der Waals surface area contributed by atoms with Crippen molar-refractivity contribution in [2.24, 2.45) is 5.73 Å². The number of carboxylic acids is 1. The molecule has 0 aromatic heterocycles. The van der Waals surface area contributed by atoms with Gasteiger partial charge < -0.3 is 15.6 Å². The third-order valence-electron chi connectivity index (χ3n) is 5.47. The van der Waals surface area contributed by atoms with Crippen molar-refractivity contribution < 1.29 is 19.4 Å². The number of rotatable bonds is 3. The van der Waals surface area contributed by atoms with Gasteiger partial charge in [-0.2, -0.15) is 0 Å². The molecule has 27 heavy (non-hydrogen) atoms. The van der Waals surface area contributed by atoms with E-state index in [4.69, 9.17) is 10.5 Å². The zero-order chi connectivity index (χ0) is 19.0. The highest BCUT2D eigenvalue weighted by Crippen LogP contribution is 2.44. The van der Waals surface area contributed by atoms with E-state index in [0.717, 1.165) is 22.3 Å². The third-order valence-corrected chi connectivity index (χ3v) is 5.47. The van der Waals surface area contributed by atoms with Gasteiger partial charge in [-0.3, -0.25) is 4.90 Å². The quantitative estimate of drug-likeness (QED) is 0.871. The average molecular weight is 366 g/mol. The highest BCUT2D eigenvalue weighted by atomic mass is 16.6. The number of carboxylic acid groups (broad SMARTS) is 1. The summed E-state index contributed by atoms with van der Waals surface area (Å²) in [6.07, 6.45) is 0.324. The molecule has 2 aromatic carbocycles. The number of ether oxygens (including phenoxy) is 1. The predicted octanol–water partition coefficient (Wildman–Crippen LogP) is 2.81. The Balaban J connectivity index is 1.53. The van der Waals surface area contributed by atoms with Gasteiger partial charge in [0.2, 0.25) is 0 Å². The van der Waals surface area contributed by atoms with Crippen LogP contribution in [0.25, 0.3) is 11.1 Å². The number of carbonyl (C=O) groups is 2. The van der Waals surface area contributed by atoms with Crippen molar-refractivity contribution in [1.82, 2.24) is 4.90 Å². The van der Waals surface area contributed by atoms with Crippen LogP contribution in [-0.2, 0) is 9.53 Å². The first-order valence-electron chi connectivity index (χ1n) is 9.16. The van der Waals surface area contributed by atoms with Crippen molar-refractivity contribution in [3.05, 3.63) is 59.7 Å². The molecule has 1 aliphatic heterocycles. The van der Waals surface area contributed by atoms with Gasteiger partial charge in [0.1, 0.15) is 12.6 Å². The minimum atomic E-state index is -1.02. The topological polar surface area (TPSA) is 92.9 Å². The molecule has 1 aliphatic carbocycles. The molecular weight excluding hydrogens is 344 g/mol. The molecule has 1 fully saturated rings. The summed E-state index contributed by atoms with van der Waals surface area (Å²) >= 11 is 0. The van der Waals surface area contributed by atoms with Crippen LogP contribution in [0.2, 0.25) is 0 Å². The number of amides is 1. The van der Waals surface area contributed by atoms with Crippen LogP contribution in [0.1, 0.15) is 29.9 Å². The molecular formula is C21H22N2O4. The van der Waals surface area contributed by atoms with E-state index < -0.39 is 18.1 Å². The molecule has 2 atom stereocenters. The summed E-state index contributed by atoms with van der Waals surface area (Å²) in [5.41, 5.74) is 10.5. The Kier molecular flexibility index (Phi) is 4.58. The van der Waals surface area contributed by atoms with Crippen LogP contribution in [0.5, 0.6) is 0 Å². The number of fused-ring (bicyclic) bond motifs is 3. The zero-order valence-electron chi connectivity index (χ0n) is 14.9. The van der Waals surface area contributed by atoms with Gasteiger partial charge in [-0.25, -0.2) is 9.59 Å². The Morgan fingerprint density at radius 1 is 1.04 bits per heavy atom. The standard InChI is InChI=1S/C21H22N2O4/c22-13-9-10-19(20(24)25)23(11-13)21(26)27-12-18-16-7-3-1-5-14(16)15-6-2-4-8-17(15)18/h1-8,13,18-19H,9-12,22H2,(H,24,25)/t13-,19+/m1/s1. The van der Waals surface area contributed by atoms with Gasteiger partial charge in [0, 0.05) is 18.5 Å². The van der Waals surface area contributed by atoms with E-state index in [1.54, 1.807) is 0 Å². The monoisotopic (exact) mass is 366 g/mol. The maximum absolute atomic E-state index is 12.6. The highest BCUT2D eigenvalue weighted by Gasteiger charge is 2.37. The molecule has 6 nitrogen and oxygen atoms in total. The Morgan fingerprint density at radius 3 is 2.22 bits per heavy atom. The lowest BCUT2D eigenvalue weighted by Gasteiger charge is -2.35. The normalized spacial score (nSPS) is 21.4. The Morgan fingerprint density at radius 2 is 1.63 bits per heavy atom. The molecule has 0 bridgehead atoms. The summed E-state index contributed by atoms with van der Waals surface area (Å²) in [6, 6.07) is 15.1. The van der Waals surface area contributed by atoms with Crippen molar-refractivity contribution in [3.63, 3.8) is 0 Å². The summed E-state index contributed by atoms with van der Waals surface area (Å²) < 4.78 is 5.58. The lowest BCUT2D eigenvalue weighted by Crippen LogP contribution is -2.54. The van der Waals surface area contributed by atoms with Crippen LogP contribution in [-0.4, -0.2) is 47.3 Å². The van der Waals surface area contributed by atoms with E-state index in [1.165, 1.54) is 4.90 Å². The minimum absolute atomic E-state index is 0.0527. The van der Waals surface area contributed by atoms with Crippen LogP contribution in [0.4, 0.5) is 4.79 Å². The van der Waals surface area contributed by atoms with Crippen molar-refractivity contribution in [2.45, 2.75) is 30.8 Å². The molecule has 6 heteroatoms. The summed E-state index contributed by atoms with van der Waals surface area (Å²) in [5.74, 6) is -1.07. The van der Waals surface area contributed by atoms with Crippen LogP contribution in [0.3, 0.4) is 0 Å². The highest BCUT2D eigenvalue weighted by molar-refractivity contribution is 5.81. The van der Waals surface area contributed by atoms with Crippen molar-refractivity contribution >= 4 is 12.1 Å². The second-order valence-electron chi connectivity index (χ2n) is 7.15. The van der Waals surface area contributed by atoms with Crippen LogP contribution in [0, 0.1) is 0 Å². The zero-order valence-corrected chi connectivity index (χ0v) is 14.9. The SMILES string of the molecule is N[C@@H]1CC[C@@H](C(=O)O)N(C(=O)OCC2c3ccccc3-c3ccccc32)C1. The number of hydrogen-bond donors (Lipinski definition) is 2. The summed E-state index contributed by atoms with van der Waals surface area (Å²) in [7, 11) is 0. The first-order chi connectivity index (χ1) is 13.1. The Bertz CT molecular complexity index is 836. The van der Waals surface area contributed by atoms with Crippen LogP contribution >= 0.6 is 0 Å². The van der Waals surface area contributed by atoms with E-state index in [2.05, 4.69) is 12.1 Å². The fraction of sp³-hybridized carbons (Fsp3) is 0.333. The molecule has 140 valence electrons. The Labute approximate surface area is 157 Å². The number of nitrogens with two attached hydrogens (primary N) is 1. The van der Waals surface area contributed by atoms with E-state index in [0.29, 0.717) is 12.8 Å². The Hall–Kier alpha value is -2.86. The number of nitrogens with zero attached hydrogens (tertiary/aromatic N) is 1. The van der Waals surface area contributed by atoms with Crippen LogP contribution < -0.4 is 5.73 Å². The van der Waals surface area contributed by atoms with Gasteiger partial charge in [-0.05, 0) is 35.1 Å². The van der Waals surface area contributed by atoms with Crippen molar-refractivity contribution in [1.29, 1.82) is 0 Å². The fourth-order valence-electron chi connectivity index (χ4n) is 4.13. The van der Waals surface area contributed by atoms with Gasteiger partial charge in [0.05, 0.1) is 0 Å². The summed E-state index contributed by atoms with van der Waals surface area (Å²) in [4.78, 5) is 25.4. The second-order valence-corrected chi connectivity index (χ2v) is 7.15. The number of aliphatic carboxylic acids is 1. The lowest BCUT2D eigenvalue weighted by molar-refractivity contribution is -0.144. The molecule has 2 aromatic rings. The maximum atomic E-state index is 12.6. The fourth-order valence-corrected chi connectivity index (χ4v) is 4.13. The van der Waals surface area contributed by atoms with Gasteiger partial charge >= 0.3 is 12.1 Å². The smallest absolute Gasteiger partial charge is 0.410 e. The molecule has 0 spiro atoms. The van der Waals surface area contributed by atoms with E-state index in [1.807, 2.05) is 36.4 Å². The number of benzene rings is 2.